The van der Waals surface area contributed by atoms with Gasteiger partial charge in [0.15, 0.2) is 11.6 Å². The molecule has 0 spiro atoms. The summed E-state index contributed by atoms with van der Waals surface area (Å²) in [5.41, 5.74) is 0. The molecule has 0 heterocycles. The van der Waals surface area contributed by atoms with Crippen LogP contribution >= 0.6 is 0 Å². The number of sulfonamides is 1. The highest BCUT2D eigenvalue weighted by molar-refractivity contribution is 7.89. The molecule has 1 rings (SSSR count). The second kappa shape index (κ2) is 6.86. The number of benzene rings is 1. The maximum Gasteiger partial charge on any atom is 0.240 e. The van der Waals surface area contributed by atoms with E-state index in [1.165, 1.54) is 19.2 Å². The predicted octanol–water partition coefficient (Wildman–Crippen LogP) is 2.55. The molecule has 0 radical (unpaired) electrons. The zero-order valence-corrected chi connectivity index (χ0v) is 12.3. The highest BCUT2D eigenvalue weighted by Gasteiger charge is 2.17. The van der Waals surface area contributed by atoms with Crippen molar-refractivity contribution in [1.29, 1.82) is 0 Å². The number of halogens is 1. The van der Waals surface area contributed by atoms with E-state index in [1.54, 1.807) is 0 Å². The molecule has 0 amide bonds. The van der Waals surface area contributed by atoms with Crippen LogP contribution in [0.1, 0.15) is 26.7 Å². The smallest absolute Gasteiger partial charge is 0.240 e. The van der Waals surface area contributed by atoms with Crippen LogP contribution in [0, 0.1) is 11.7 Å². The lowest BCUT2D eigenvalue weighted by atomic mass is 10.0. The van der Waals surface area contributed by atoms with Gasteiger partial charge in [0, 0.05) is 6.54 Å². The second-order valence-electron chi connectivity index (χ2n) is 4.33. The first-order chi connectivity index (χ1) is 8.94. The molecule has 0 aromatic heterocycles. The third-order valence-corrected chi connectivity index (χ3v) is 4.57. The van der Waals surface area contributed by atoms with Crippen LogP contribution in [0.25, 0.3) is 0 Å². The topological polar surface area (TPSA) is 55.4 Å². The average molecular weight is 289 g/mol. The van der Waals surface area contributed by atoms with E-state index >= 15 is 0 Å². The van der Waals surface area contributed by atoms with E-state index in [0.29, 0.717) is 6.54 Å². The van der Waals surface area contributed by atoms with Crippen LogP contribution in [0.5, 0.6) is 5.75 Å². The quantitative estimate of drug-likeness (QED) is 0.839. The van der Waals surface area contributed by atoms with Crippen molar-refractivity contribution >= 4 is 10.0 Å². The molecule has 0 fully saturated rings. The summed E-state index contributed by atoms with van der Waals surface area (Å²) < 4.78 is 44.8. The largest absolute Gasteiger partial charge is 0.494 e. The summed E-state index contributed by atoms with van der Waals surface area (Å²) in [6.07, 6.45) is 1.80. The lowest BCUT2D eigenvalue weighted by Crippen LogP contribution is -2.29. The van der Waals surface area contributed by atoms with Gasteiger partial charge in [-0.05, 0) is 24.1 Å². The molecule has 0 atom stereocenters. The minimum absolute atomic E-state index is 0.0268. The van der Waals surface area contributed by atoms with Gasteiger partial charge in [-0.15, -0.1) is 0 Å². The molecular formula is C13H20FNO3S. The summed E-state index contributed by atoms with van der Waals surface area (Å²) in [7, 11) is -2.34. The van der Waals surface area contributed by atoms with E-state index in [4.69, 9.17) is 4.74 Å². The molecule has 0 bridgehead atoms. The molecule has 108 valence electrons. The SMILES string of the molecule is CCC(CC)CNS(=O)(=O)c1ccc(OC)c(F)c1. The maximum absolute atomic E-state index is 13.5. The molecule has 0 saturated carbocycles. The number of nitrogens with one attached hydrogen (secondary N) is 1. The zero-order valence-electron chi connectivity index (χ0n) is 11.4. The van der Waals surface area contributed by atoms with Gasteiger partial charge in [-0.1, -0.05) is 26.7 Å². The Balaban J connectivity index is 2.85. The molecule has 0 aliphatic carbocycles. The van der Waals surface area contributed by atoms with Crippen molar-refractivity contribution in [2.24, 2.45) is 5.92 Å². The molecule has 6 heteroatoms. The Hall–Kier alpha value is -1.14. The van der Waals surface area contributed by atoms with E-state index in [2.05, 4.69) is 4.72 Å². The zero-order chi connectivity index (χ0) is 14.5. The van der Waals surface area contributed by atoms with Crippen molar-refractivity contribution in [2.45, 2.75) is 31.6 Å². The highest BCUT2D eigenvalue weighted by atomic mass is 32.2. The number of hydrogen-bond donors (Lipinski definition) is 1. The second-order valence-corrected chi connectivity index (χ2v) is 6.10. The Labute approximate surface area is 114 Å². The van der Waals surface area contributed by atoms with E-state index in [9.17, 15) is 12.8 Å². The van der Waals surface area contributed by atoms with Gasteiger partial charge in [0.05, 0.1) is 12.0 Å². The minimum Gasteiger partial charge on any atom is -0.494 e. The van der Waals surface area contributed by atoms with E-state index in [1.807, 2.05) is 13.8 Å². The van der Waals surface area contributed by atoms with Crippen molar-refractivity contribution in [3.8, 4) is 5.75 Å². The standard InChI is InChI=1S/C13H20FNO3S/c1-4-10(5-2)9-15-19(16,17)11-6-7-13(18-3)12(14)8-11/h6-8,10,15H,4-5,9H2,1-3H3. The molecule has 1 aromatic carbocycles. The Morgan fingerprint density at radius 1 is 1.32 bits per heavy atom. The van der Waals surface area contributed by atoms with Crippen LogP contribution in [0.15, 0.2) is 23.1 Å². The van der Waals surface area contributed by atoms with Crippen molar-refractivity contribution < 1.29 is 17.5 Å². The van der Waals surface area contributed by atoms with Crippen LogP contribution < -0.4 is 9.46 Å². The van der Waals surface area contributed by atoms with Crippen LogP contribution in [0.2, 0.25) is 0 Å². The third-order valence-electron chi connectivity index (χ3n) is 3.15. The Bertz CT molecular complexity index is 513. The molecular weight excluding hydrogens is 269 g/mol. The Kier molecular flexibility index (Phi) is 5.75. The van der Waals surface area contributed by atoms with E-state index < -0.39 is 15.8 Å². The van der Waals surface area contributed by atoms with Crippen LogP contribution in [-0.4, -0.2) is 22.1 Å². The van der Waals surface area contributed by atoms with Gasteiger partial charge in [0.2, 0.25) is 10.0 Å². The monoisotopic (exact) mass is 289 g/mol. The van der Waals surface area contributed by atoms with Crippen LogP contribution in [0.3, 0.4) is 0 Å². The molecule has 0 saturated heterocycles. The van der Waals surface area contributed by atoms with Gasteiger partial charge in [-0.3, -0.25) is 0 Å². The van der Waals surface area contributed by atoms with Crippen molar-refractivity contribution in [3.05, 3.63) is 24.0 Å². The van der Waals surface area contributed by atoms with Gasteiger partial charge in [0.25, 0.3) is 0 Å². The normalized spacial score (nSPS) is 11.8. The summed E-state index contributed by atoms with van der Waals surface area (Å²) in [4.78, 5) is -0.0863. The van der Waals surface area contributed by atoms with Gasteiger partial charge in [-0.25, -0.2) is 17.5 Å². The average Bonchev–Trinajstić information content (AvgIpc) is 2.39. The van der Waals surface area contributed by atoms with Crippen molar-refractivity contribution in [2.75, 3.05) is 13.7 Å². The summed E-state index contributed by atoms with van der Waals surface area (Å²) >= 11 is 0. The first kappa shape index (κ1) is 15.9. The predicted molar refractivity (Wildman–Crippen MR) is 72.2 cm³/mol. The molecule has 1 aromatic rings. The Morgan fingerprint density at radius 3 is 2.42 bits per heavy atom. The number of ether oxygens (including phenoxy) is 1. The summed E-state index contributed by atoms with van der Waals surface area (Å²) in [6.45, 7) is 4.38. The fraction of sp³-hybridized carbons (Fsp3) is 0.538. The molecule has 19 heavy (non-hydrogen) atoms. The molecule has 4 nitrogen and oxygen atoms in total. The fourth-order valence-corrected chi connectivity index (χ4v) is 2.83. The van der Waals surface area contributed by atoms with Crippen LogP contribution in [0.4, 0.5) is 4.39 Å². The lowest BCUT2D eigenvalue weighted by Gasteiger charge is -2.14. The first-order valence-electron chi connectivity index (χ1n) is 6.27. The van der Waals surface area contributed by atoms with E-state index in [0.717, 1.165) is 18.9 Å². The summed E-state index contributed by atoms with van der Waals surface area (Å²) in [5.74, 6) is -0.371. The van der Waals surface area contributed by atoms with E-state index in [-0.39, 0.29) is 16.6 Å². The van der Waals surface area contributed by atoms with Crippen LogP contribution in [-0.2, 0) is 10.0 Å². The Morgan fingerprint density at radius 2 is 1.95 bits per heavy atom. The van der Waals surface area contributed by atoms with Gasteiger partial charge in [-0.2, -0.15) is 0 Å². The highest BCUT2D eigenvalue weighted by Crippen LogP contribution is 2.20. The molecule has 0 unspecified atom stereocenters. The van der Waals surface area contributed by atoms with Gasteiger partial charge < -0.3 is 4.74 Å². The maximum atomic E-state index is 13.5. The minimum atomic E-state index is -3.67. The molecule has 0 aliphatic rings. The first-order valence-corrected chi connectivity index (χ1v) is 7.76. The molecule has 0 aliphatic heterocycles. The number of rotatable bonds is 7. The van der Waals surface area contributed by atoms with Crippen molar-refractivity contribution in [1.82, 2.24) is 4.72 Å². The van der Waals surface area contributed by atoms with Crippen molar-refractivity contribution in [3.63, 3.8) is 0 Å². The number of methoxy groups -OCH3 is 1. The fourth-order valence-electron chi connectivity index (χ4n) is 1.70. The number of hydrogen-bond acceptors (Lipinski definition) is 3. The summed E-state index contributed by atoms with van der Waals surface area (Å²) in [6, 6.07) is 3.60. The third kappa shape index (κ3) is 4.18. The van der Waals surface area contributed by atoms with Gasteiger partial charge >= 0.3 is 0 Å². The molecule has 1 N–H and O–H groups in total. The lowest BCUT2D eigenvalue weighted by molar-refractivity contribution is 0.385. The van der Waals surface area contributed by atoms with Gasteiger partial charge in [0.1, 0.15) is 0 Å². The summed E-state index contributed by atoms with van der Waals surface area (Å²) in [5, 5.41) is 0.